The summed E-state index contributed by atoms with van der Waals surface area (Å²) < 4.78 is 10.3. The second-order valence-electron chi connectivity index (χ2n) is 3.25. The minimum Gasteiger partial charge on any atom is -0.507 e. The molecule has 0 aromatic heterocycles. The number of phenols is 1. The van der Waals surface area contributed by atoms with Crippen molar-refractivity contribution < 1.29 is 24.2 Å². The van der Waals surface area contributed by atoms with Gasteiger partial charge >= 0.3 is 11.9 Å². The minimum atomic E-state index is -1.25. The van der Waals surface area contributed by atoms with Gasteiger partial charge in [0, 0.05) is 18.3 Å². The van der Waals surface area contributed by atoms with E-state index in [4.69, 9.17) is 9.47 Å². The normalized spacial score (nSPS) is 10.1. The van der Waals surface area contributed by atoms with Crippen LogP contribution in [0.15, 0.2) is 22.7 Å². The lowest BCUT2D eigenvalue weighted by molar-refractivity contribution is -0.186. The van der Waals surface area contributed by atoms with Gasteiger partial charge in [-0.2, -0.15) is 0 Å². The predicted octanol–water partition coefficient (Wildman–Crippen LogP) is 2.28. The highest BCUT2D eigenvalue weighted by Gasteiger charge is 2.21. The Labute approximate surface area is 106 Å². The number of hydrogen-bond acceptors (Lipinski definition) is 5. The van der Waals surface area contributed by atoms with Crippen LogP contribution >= 0.6 is 15.9 Å². The van der Waals surface area contributed by atoms with Crippen molar-refractivity contribution >= 4 is 27.9 Å². The maximum atomic E-state index is 10.9. The molecule has 17 heavy (non-hydrogen) atoms. The third kappa shape index (κ3) is 4.07. The van der Waals surface area contributed by atoms with Crippen LogP contribution in [-0.2, 0) is 19.1 Å². The van der Waals surface area contributed by atoms with Gasteiger partial charge in [-0.1, -0.05) is 15.9 Å². The topological polar surface area (TPSA) is 72.8 Å². The summed E-state index contributed by atoms with van der Waals surface area (Å²) in [6, 6.07) is 4.52. The molecule has 5 nitrogen and oxygen atoms in total. The predicted molar refractivity (Wildman–Crippen MR) is 62.1 cm³/mol. The van der Waals surface area contributed by atoms with E-state index in [2.05, 4.69) is 15.9 Å². The Bertz CT molecular complexity index is 427. The van der Waals surface area contributed by atoms with E-state index in [1.54, 1.807) is 6.07 Å². The average Bonchev–Trinajstić information content (AvgIpc) is 2.19. The summed E-state index contributed by atoms with van der Waals surface area (Å²) in [7, 11) is 0. The number of ether oxygens (including phenoxy) is 2. The maximum absolute atomic E-state index is 10.9. The Hall–Kier alpha value is -1.56. The fourth-order valence-electron chi connectivity index (χ4n) is 1.17. The van der Waals surface area contributed by atoms with Gasteiger partial charge in [-0.15, -0.1) is 0 Å². The standard InChI is InChI=1S/C11H11BrO5/c1-6(13)16-11(17-7(2)14)9-5-8(12)3-4-10(9)15/h3-5,11,15H,1-2H3. The van der Waals surface area contributed by atoms with Gasteiger partial charge in [0.1, 0.15) is 5.75 Å². The number of hydrogen-bond donors (Lipinski definition) is 1. The quantitative estimate of drug-likeness (QED) is 0.685. The zero-order valence-corrected chi connectivity index (χ0v) is 10.9. The molecule has 0 aliphatic heterocycles. The van der Waals surface area contributed by atoms with Gasteiger partial charge < -0.3 is 14.6 Å². The first kappa shape index (κ1) is 13.5. The number of esters is 2. The molecule has 1 aromatic rings. The maximum Gasteiger partial charge on any atom is 0.305 e. The van der Waals surface area contributed by atoms with E-state index in [1.807, 2.05) is 0 Å². The number of benzene rings is 1. The summed E-state index contributed by atoms with van der Waals surface area (Å²) in [6.07, 6.45) is -1.25. The van der Waals surface area contributed by atoms with Crippen molar-refractivity contribution in [3.05, 3.63) is 28.2 Å². The van der Waals surface area contributed by atoms with E-state index in [-0.39, 0.29) is 11.3 Å². The molecule has 6 heteroatoms. The third-order valence-electron chi connectivity index (χ3n) is 1.79. The molecule has 1 rings (SSSR count). The Balaban J connectivity index is 3.06. The fraction of sp³-hybridized carbons (Fsp3) is 0.273. The van der Waals surface area contributed by atoms with E-state index >= 15 is 0 Å². The van der Waals surface area contributed by atoms with Crippen molar-refractivity contribution in [2.75, 3.05) is 0 Å². The SMILES string of the molecule is CC(=O)OC(OC(C)=O)c1cc(Br)ccc1O. The minimum absolute atomic E-state index is 0.124. The summed E-state index contributed by atoms with van der Waals surface area (Å²) in [6.45, 7) is 2.37. The summed E-state index contributed by atoms with van der Waals surface area (Å²) in [4.78, 5) is 21.8. The van der Waals surface area contributed by atoms with Crippen molar-refractivity contribution in [3.63, 3.8) is 0 Å². The zero-order valence-electron chi connectivity index (χ0n) is 9.27. The second-order valence-corrected chi connectivity index (χ2v) is 4.17. The molecule has 0 fully saturated rings. The van der Waals surface area contributed by atoms with Gasteiger partial charge in [0.05, 0.1) is 5.56 Å². The highest BCUT2D eigenvalue weighted by molar-refractivity contribution is 9.10. The zero-order chi connectivity index (χ0) is 13.0. The molecule has 0 atom stereocenters. The molecule has 1 N–H and O–H groups in total. The monoisotopic (exact) mass is 302 g/mol. The van der Waals surface area contributed by atoms with Crippen LogP contribution in [-0.4, -0.2) is 17.0 Å². The van der Waals surface area contributed by atoms with Crippen LogP contribution in [0.5, 0.6) is 5.75 Å². The Morgan fingerprint density at radius 2 is 1.76 bits per heavy atom. The van der Waals surface area contributed by atoms with Gasteiger partial charge in [-0.3, -0.25) is 9.59 Å². The van der Waals surface area contributed by atoms with Crippen LogP contribution in [0.2, 0.25) is 0 Å². The van der Waals surface area contributed by atoms with Crippen LogP contribution in [0.1, 0.15) is 25.7 Å². The van der Waals surface area contributed by atoms with Gasteiger partial charge in [-0.25, -0.2) is 0 Å². The molecule has 0 bridgehead atoms. The summed E-state index contributed by atoms with van der Waals surface area (Å²) in [5, 5.41) is 9.63. The van der Waals surface area contributed by atoms with E-state index in [9.17, 15) is 14.7 Å². The first-order valence-corrected chi connectivity index (χ1v) is 5.52. The smallest absolute Gasteiger partial charge is 0.305 e. The molecule has 1 aromatic carbocycles. The Morgan fingerprint density at radius 3 is 2.24 bits per heavy atom. The number of carbonyl (C=O) groups is 2. The Kier molecular flexibility index (Phi) is 4.51. The largest absolute Gasteiger partial charge is 0.507 e. The molecule has 92 valence electrons. The lowest BCUT2D eigenvalue weighted by Gasteiger charge is -2.17. The molecule has 0 spiro atoms. The summed E-state index contributed by atoms with van der Waals surface area (Å²) in [5.74, 6) is -1.35. The first-order chi connectivity index (χ1) is 7.90. The fourth-order valence-corrected chi connectivity index (χ4v) is 1.55. The molecule has 0 aliphatic rings. The molecule has 0 unspecified atom stereocenters. The van der Waals surface area contributed by atoms with Crippen LogP contribution in [0, 0.1) is 0 Å². The second kappa shape index (κ2) is 5.67. The molecule has 0 saturated heterocycles. The molecular formula is C11H11BrO5. The molecule has 0 saturated carbocycles. The molecule has 0 radical (unpaired) electrons. The van der Waals surface area contributed by atoms with Crippen LogP contribution in [0.25, 0.3) is 0 Å². The Morgan fingerprint density at radius 1 is 1.24 bits per heavy atom. The molecule has 0 heterocycles. The van der Waals surface area contributed by atoms with Crippen molar-refractivity contribution in [1.29, 1.82) is 0 Å². The number of halogens is 1. The molecular weight excluding hydrogens is 292 g/mol. The first-order valence-electron chi connectivity index (χ1n) is 4.73. The summed E-state index contributed by atoms with van der Waals surface area (Å²) in [5.41, 5.74) is 0.199. The van der Waals surface area contributed by atoms with Gasteiger partial charge in [0.25, 0.3) is 6.29 Å². The average molecular weight is 303 g/mol. The van der Waals surface area contributed by atoms with Crippen LogP contribution in [0.4, 0.5) is 0 Å². The summed E-state index contributed by atoms with van der Waals surface area (Å²) >= 11 is 3.20. The number of aromatic hydroxyl groups is 1. The van der Waals surface area contributed by atoms with Crippen LogP contribution in [0.3, 0.4) is 0 Å². The lowest BCUT2D eigenvalue weighted by Crippen LogP contribution is -2.15. The molecule has 0 aliphatic carbocycles. The van der Waals surface area contributed by atoms with Crippen molar-refractivity contribution in [3.8, 4) is 5.75 Å². The van der Waals surface area contributed by atoms with E-state index in [0.717, 1.165) is 0 Å². The highest BCUT2D eigenvalue weighted by atomic mass is 79.9. The highest BCUT2D eigenvalue weighted by Crippen LogP contribution is 2.30. The number of rotatable bonds is 3. The van der Waals surface area contributed by atoms with Crippen LogP contribution < -0.4 is 0 Å². The van der Waals surface area contributed by atoms with E-state index < -0.39 is 18.2 Å². The van der Waals surface area contributed by atoms with Crippen molar-refractivity contribution in [2.24, 2.45) is 0 Å². The van der Waals surface area contributed by atoms with Crippen molar-refractivity contribution in [1.82, 2.24) is 0 Å². The molecule has 0 amide bonds. The number of carbonyl (C=O) groups excluding carboxylic acids is 2. The number of phenolic OH excluding ortho intramolecular Hbond substituents is 1. The van der Waals surface area contributed by atoms with Gasteiger partial charge in [0.15, 0.2) is 0 Å². The van der Waals surface area contributed by atoms with E-state index in [1.165, 1.54) is 26.0 Å². The van der Waals surface area contributed by atoms with E-state index in [0.29, 0.717) is 4.47 Å². The lowest BCUT2D eigenvalue weighted by atomic mass is 10.2. The van der Waals surface area contributed by atoms with Gasteiger partial charge in [0.2, 0.25) is 0 Å². The van der Waals surface area contributed by atoms with Crippen molar-refractivity contribution in [2.45, 2.75) is 20.1 Å². The third-order valence-corrected chi connectivity index (χ3v) is 2.28. The van der Waals surface area contributed by atoms with Gasteiger partial charge in [-0.05, 0) is 18.2 Å².